The Morgan fingerprint density at radius 2 is 2.07 bits per heavy atom. The van der Waals surface area contributed by atoms with Crippen LogP contribution in [-0.2, 0) is 6.18 Å². The number of pyridine rings is 1. The Morgan fingerprint density at radius 1 is 1.43 bits per heavy atom. The number of hydrogen-bond donors (Lipinski definition) is 0. The van der Waals surface area contributed by atoms with E-state index in [1.807, 2.05) is 5.18 Å². The van der Waals surface area contributed by atoms with E-state index in [2.05, 4.69) is 4.98 Å². The highest BCUT2D eigenvalue weighted by molar-refractivity contribution is 5.96. The minimum absolute atomic E-state index is 0.610. The van der Waals surface area contributed by atoms with Crippen LogP contribution in [0, 0.1) is 4.91 Å². The molecule has 0 aliphatic carbocycles. The molecule has 0 aliphatic heterocycles. The van der Waals surface area contributed by atoms with Gasteiger partial charge in [0.2, 0.25) is 0 Å². The Balaban J connectivity index is 3.30. The van der Waals surface area contributed by atoms with Crippen LogP contribution < -0.4 is 0 Å². The minimum Gasteiger partial charge on any atom is -0.264 e. The second-order valence-electron chi connectivity index (χ2n) is 2.32. The lowest BCUT2D eigenvalue weighted by molar-refractivity contribution is -0.138. The molecule has 4 nitrogen and oxygen atoms in total. The Morgan fingerprint density at radius 3 is 2.57 bits per heavy atom. The van der Waals surface area contributed by atoms with Crippen LogP contribution >= 0.6 is 0 Å². The summed E-state index contributed by atoms with van der Waals surface area (Å²) in [7, 11) is 0. The zero-order valence-corrected chi connectivity index (χ0v) is 6.58. The highest BCUT2D eigenvalue weighted by atomic mass is 19.4. The predicted molar refractivity (Wildman–Crippen MR) is 39.4 cm³/mol. The highest BCUT2D eigenvalue weighted by Gasteiger charge is 2.35. The van der Waals surface area contributed by atoms with E-state index in [1.54, 1.807) is 0 Å². The smallest absolute Gasteiger partial charge is 0.264 e. The summed E-state index contributed by atoms with van der Waals surface area (Å²) in [6.45, 7) is 0. The molecule has 0 aliphatic rings. The van der Waals surface area contributed by atoms with Gasteiger partial charge in [0, 0.05) is 17.6 Å². The largest absolute Gasteiger partial charge is 0.417 e. The number of carbonyl (C=O) groups is 1. The van der Waals surface area contributed by atoms with E-state index in [-0.39, 0.29) is 0 Å². The first-order chi connectivity index (χ1) is 6.46. The van der Waals surface area contributed by atoms with Gasteiger partial charge in [-0.3, -0.25) is 9.78 Å². The standard InChI is InChI=1S/C7H3F3N2O2/c8-7(9,10)5-1-2-11-3-4(5)6(13)12-14/h1-3H. The SMILES string of the molecule is O=NC(=O)c1cnccc1C(F)(F)F. The van der Waals surface area contributed by atoms with Gasteiger partial charge in [0.15, 0.2) is 0 Å². The van der Waals surface area contributed by atoms with Crippen molar-refractivity contribution in [3.8, 4) is 0 Å². The van der Waals surface area contributed by atoms with E-state index in [9.17, 15) is 22.9 Å². The molecule has 0 radical (unpaired) electrons. The van der Waals surface area contributed by atoms with Crippen LogP contribution in [0.15, 0.2) is 23.6 Å². The summed E-state index contributed by atoms with van der Waals surface area (Å²) in [5.74, 6) is -1.48. The fourth-order valence-electron chi connectivity index (χ4n) is 0.861. The molecule has 0 bridgehead atoms. The molecule has 0 saturated carbocycles. The number of rotatable bonds is 1. The number of alkyl halides is 3. The number of amides is 1. The summed E-state index contributed by atoms with van der Waals surface area (Å²) in [5, 5.41) is 1.90. The van der Waals surface area contributed by atoms with E-state index in [4.69, 9.17) is 0 Å². The van der Waals surface area contributed by atoms with Gasteiger partial charge in [-0.05, 0) is 6.07 Å². The second kappa shape index (κ2) is 3.52. The molecule has 1 rings (SSSR count). The second-order valence-corrected chi connectivity index (χ2v) is 2.32. The monoisotopic (exact) mass is 204 g/mol. The maximum absolute atomic E-state index is 12.2. The molecule has 0 saturated heterocycles. The maximum Gasteiger partial charge on any atom is 0.417 e. The molecule has 0 atom stereocenters. The van der Waals surface area contributed by atoms with Crippen molar-refractivity contribution in [1.29, 1.82) is 0 Å². The van der Waals surface area contributed by atoms with Gasteiger partial charge >= 0.3 is 12.1 Å². The number of hydrogen-bond acceptors (Lipinski definition) is 3. The third-order valence-electron chi connectivity index (χ3n) is 1.44. The summed E-state index contributed by atoms with van der Waals surface area (Å²) in [6.07, 6.45) is -3.16. The van der Waals surface area contributed by atoms with Gasteiger partial charge in [0.05, 0.1) is 11.1 Å². The topological polar surface area (TPSA) is 59.4 Å². The van der Waals surface area contributed by atoms with Gasteiger partial charge in [-0.1, -0.05) is 0 Å². The lowest BCUT2D eigenvalue weighted by atomic mass is 10.1. The van der Waals surface area contributed by atoms with Crippen LogP contribution in [0.1, 0.15) is 15.9 Å². The van der Waals surface area contributed by atoms with Crippen LogP contribution in [0.25, 0.3) is 0 Å². The number of halogens is 3. The van der Waals surface area contributed by atoms with Crippen molar-refractivity contribution in [2.45, 2.75) is 6.18 Å². The fourth-order valence-corrected chi connectivity index (χ4v) is 0.861. The molecular weight excluding hydrogens is 201 g/mol. The Kier molecular flexibility index (Phi) is 2.59. The Hall–Kier alpha value is -1.79. The van der Waals surface area contributed by atoms with E-state index >= 15 is 0 Å². The summed E-state index contributed by atoms with van der Waals surface area (Å²) in [5.41, 5.74) is -2.05. The van der Waals surface area contributed by atoms with Crippen molar-refractivity contribution in [1.82, 2.24) is 4.98 Å². The van der Waals surface area contributed by atoms with Crippen molar-refractivity contribution >= 4 is 5.91 Å². The molecule has 74 valence electrons. The van der Waals surface area contributed by atoms with E-state index in [1.165, 1.54) is 0 Å². The molecule has 0 fully saturated rings. The Bertz CT molecular complexity index is 375. The third kappa shape index (κ3) is 1.93. The minimum atomic E-state index is -4.70. The molecule has 1 amide bonds. The number of nitrogens with zero attached hydrogens (tertiary/aromatic N) is 2. The van der Waals surface area contributed by atoms with Crippen molar-refractivity contribution in [2.24, 2.45) is 5.18 Å². The van der Waals surface area contributed by atoms with Crippen LogP contribution in [0.5, 0.6) is 0 Å². The molecule has 14 heavy (non-hydrogen) atoms. The first-order valence-corrected chi connectivity index (χ1v) is 3.35. The normalized spacial score (nSPS) is 11.1. The van der Waals surface area contributed by atoms with E-state index < -0.39 is 23.2 Å². The molecule has 0 unspecified atom stereocenters. The predicted octanol–water partition coefficient (Wildman–Crippen LogP) is 2.01. The van der Waals surface area contributed by atoms with Gasteiger partial charge in [-0.2, -0.15) is 13.2 Å². The third-order valence-corrected chi connectivity index (χ3v) is 1.44. The van der Waals surface area contributed by atoms with Crippen molar-refractivity contribution in [3.63, 3.8) is 0 Å². The molecule has 1 aromatic rings. The highest BCUT2D eigenvalue weighted by Crippen LogP contribution is 2.31. The van der Waals surface area contributed by atoms with Gasteiger partial charge < -0.3 is 0 Å². The van der Waals surface area contributed by atoms with Crippen molar-refractivity contribution < 1.29 is 18.0 Å². The van der Waals surface area contributed by atoms with Crippen LogP contribution in [-0.4, -0.2) is 10.9 Å². The average molecular weight is 204 g/mol. The van der Waals surface area contributed by atoms with Crippen molar-refractivity contribution in [3.05, 3.63) is 34.5 Å². The molecule has 1 aromatic heterocycles. The summed E-state index contributed by atoms with van der Waals surface area (Å²) in [6, 6.07) is 0.610. The lowest BCUT2D eigenvalue weighted by Gasteiger charge is -2.08. The number of aromatic nitrogens is 1. The van der Waals surface area contributed by atoms with Crippen LogP contribution in [0.4, 0.5) is 13.2 Å². The number of carbonyl (C=O) groups excluding carboxylic acids is 1. The molecule has 1 heterocycles. The lowest BCUT2D eigenvalue weighted by Crippen LogP contribution is -2.12. The number of nitroso groups, excluding NO2 is 1. The summed E-state index contributed by atoms with van der Waals surface area (Å²) < 4.78 is 36.7. The summed E-state index contributed by atoms with van der Waals surface area (Å²) >= 11 is 0. The van der Waals surface area contributed by atoms with E-state index in [0.717, 1.165) is 6.20 Å². The van der Waals surface area contributed by atoms with E-state index in [0.29, 0.717) is 12.3 Å². The van der Waals surface area contributed by atoms with Gasteiger partial charge in [-0.15, -0.1) is 4.91 Å². The first-order valence-electron chi connectivity index (χ1n) is 3.35. The molecule has 7 heteroatoms. The molecule has 0 aromatic carbocycles. The van der Waals surface area contributed by atoms with Gasteiger partial charge in [0.25, 0.3) is 0 Å². The van der Waals surface area contributed by atoms with Gasteiger partial charge in [0.1, 0.15) is 0 Å². The quantitative estimate of drug-likeness (QED) is 0.657. The molecule has 0 spiro atoms. The fraction of sp³-hybridized carbons (Fsp3) is 0.143. The molecular formula is C7H3F3N2O2. The van der Waals surface area contributed by atoms with Crippen LogP contribution in [0.3, 0.4) is 0 Å². The average Bonchev–Trinajstić information content (AvgIpc) is 2.15. The van der Waals surface area contributed by atoms with Gasteiger partial charge in [-0.25, -0.2) is 0 Å². The maximum atomic E-state index is 12.2. The molecule has 0 N–H and O–H groups in total. The van der Waals surface area contributed by atoms with Crippen LogP contribution in [0.2, 0.25) is 0 Å². The zero-order chi connectivity index (χ0) is 10.8. The first kappa shape index (κ1) is 10.3. The van der Waals surface area contributed by atoms with Crippen molar-refractivity contribution in [2.75, 3.05) is 0 Å². The summed E-state index contributed by atoms with van der Waals surface area (Å²) in [4.78, 5) is 23.8. The zero-order valence-electron chi connectivity index (χ0n) is 6.58. The Labute approximate surface area is 75.7 Å².